The number of halogens is 3. The Morgan fingerprint density at radius 2 is 1.75 bits per heavy atom. The van der Waals surface area contributed by atoms with Gasteiger partial charge in [0.1, 0.15) is 9.90 Å². The molecule has 0 aliphatic rings. The average Bonchev–Trinajstić information content (AvgIpc) is 3.28. The molecule has 0 bridgehead atoms. The average molecular weight is 478 g/mol. The molecule has 0 saturated heterocycles. The number of alkyl halides is 3. The van der Waals surface area contributed by atoms with Gasteiger partial charge in [-0.05, 0) is 46.8 Å². The zero-order chi connectivity index (χ0) is 23.1. The fourth-order valence-corrected chi connectivity index (χ4v) is 5.19. The number of hydrogen-bond acceptors (Lipinski definition) is 5. The van der Waals surface area contributed by atoms with Crippen molar-refractivity contribution in [3.05, 3.63) is 77.3 Å². The Morgan fingerprint density at radius 3 is 2.34 bits per heavy atom. The Bertz CT molecular complexity index is 1420. The fraction of sp³-hybridized carbons (Fsp3) is 0.0476. The van der Waals surface area contributed by atoms with E-state index in [1.54, 1.807) is 23.6 Å². The monoisotopic (exact) mass is 478 g/mol. The minimum atomic E-state index is -4.52. The van der Waals surface area contributed by atoms with E-state index in [0.717, 1.165) is 23.5 Å². The van der Waals surface area contributed by atoms with E-state index in [2.05, 4.69) is 9.71 Å². The number of rotatable bonds is 5. The number of thiophene rings is 1. The Labute approximate surface area is 184 Å². The highest BCUT2D eigenvalue weighted by Crippen LogP contribution is 2.35. The van der Waals surface area contributed by atoms with E-state index >= 15 is 0 Å². The number of hydrogen-bond donors (Lipinski definition) is 2. The standard InChI is InChI=1S/C21H13F3N2O4S2/c22-21(23,24)13-8-6-12(7-9-13)15-11-17(20(27)28)25-19-14(15)3-1-4-16(19)26-32(29,30)18-5-2-10-31-18/h1-11,26H,(H,27,28). The number of nitrogens with zero attached hydrogens (tertiary/aromatic N) is 1. The van der Waals surface area contributed by atoms with Crippen LogP contribution in [0.15, 0.2) is 70.3 Å². The van der Waals surface area contributed by atoms with E-state index < -0.39 is 27.7 Å². The largest absolute Gasteiger partial charge is 0.477 e. The topological polar surface area (TPSA) is 96.4 Å². The van der Waals surface area contributed by atoms with Gasteiger partial charge < -0.3 is 5.11 Å². The number of nitrogens with one attached hydrogen (secondary N) is 1. The number of anilines is 1. The molecular weight excluding hydrogens is 465 g/mol. The van der Waals surface area contributed by atoms with Gasteiger partial charge in [0.05, 0.1) is 16.8 Å². The van der Waals surface area contributed by atoms with Crippen LogP contribution in [-0.2, 0) is 16.2 Å². The molecule has 2 aromatic heterocycles. The molecule has 2 aromatic carbocycles. The van der Waals surface area contributed by atoms with Crippen molar-refractivity contribution in [3.63, 3.8) is 0 Å². The highest BCUT2D eigenvalue weighted by atomic mass is 32.2. The molecule has 11 heteroatoms. The number of pyridine rings is 1. The van der Waals surface area contributed by atoms with Gasteiger partial charge >= 0.3 is 12.1 Å². The molecule has 0 aliphatic heterocycles. The molecule has 164 valence electrons. The fourth-order valence-electron chi connectivity index (χ4n) is 3.13. The van der Waals surface area contributed by atoms with E-state index in [1.807, 2.05) is 0 Å². The highest BCUT2D eigenvalue weighted by Gasteiger charge is 2.30. The van der Waals surface area contributed by atoms with Crippen molar-refractivity contribution in [2.45, 2.75) is 10.4 Å². The summed E-state index contributed by atoms with van der Waals surface area (Å²) in [6.07, 6.45) is -4.52. The van der Waals surface area contributed by atoms with Crippen molar-refractivity contribution in [3.8, 4) is 11.1 Å². The van der Waals surface area contributed by atoms with Crippen LogP contribution in [0.1, 0.15) is 16.1 Å². The third-order valence-corrected chi connectivity index (χ3v) is 7.35. The van der Waals surface area contributed by atoms with Crippen LogP contribution in [-0.4, -0.2) is 24.5 Å². The first kappa shape index (κ1) is 21.8. The second-order valence-corrected chi connectivity index (χ2v) is 9.53. The predicted octanol–water partition coefficient (Wildman–Crippen LogP) is 5.48. The van der Waals surface area contributed by atoms with Gasteiger partial charge in [-0.25, -0.2) is 18.2 Å². The quantitative estimate of drug-likeness (QED) is 0.396. The summed E-state index contributed by atoms with van der Waals surface area (Å²) in [7, 11) is -3.94. The molecule has 6 nitrogen and oxygen atoms in total. The lowest BCUT2D eigenvalue weighted by atomic mass is 9.98. The maximum absolute atomic E-state index is 12.9. The summed E-state index contributed by atoms with van der Waals surface area (Å²) in [6.45, 7) is 0. The number of carbonyl (C=O) groups is 1. The SMILES string of the molecule is O=C(O)c1cc(-c2ccc(C(F)(F)F)cc2)c2cccc(NS(=O)(=O)c3cccs3)c2n1. The molecule has 0 fully saturated rings. The molecule has 0 aliphatic carbocycles. The number of sulfonamides is 1. The second kappa shape index (κ2) is 7.92. The maximum atomic E-state index is 12.9. The number of para-hydroxylation sites is 1. The second-order valence-electron chi connectivity index (χ2n) is 6.67. The number of carboxylic acid groups (broad SMARTS) is 1. The number of aromatic carboxylic acids is 1. The first-order valence-corrected chi connectivity index (χ1v) is 11.3. The molecule has 0 spiro atoms. The van der Waals surface area contributed by atoms with Crippen molar-refractivity contribution >= 4 is 43.9 Å². The molecule has 32 heavy (non-hydrogen) atoms. The smallest absolute Gasteiger partial charge is 0.416 e. The van der Waals surface area contributed by atoms with Gasteiger partial charge in [-0.2, -0.15) is 13.2 Å². The van der Waals surface area contributed by atoms with Crippen LogP contribution < -0.4 is 4.72 Å². The van der Waals surface area contributed by atoms with Crippen molar-refractivity contribution in [1.29, 1.82) is 0 Å². The molecule has 4 rings (SSSR count). The molecule has 0 radical (unpaired) electrons. The summed E-state index contributed by atoms with van der Waals surface area (Å²) in [5.41, 5.74) is -0.489. The van der Waals surface area contributed by atoms with Crippen molar-refractivity contribution in [2.24, 2.45) is 0 Å². The van der Waals surface area contributed by atoms with Gasteiger partial charge in [-0.1, -0.05) is 30.3 Å². The highest BCUT2D eigenvalue weighted by molar-refractivity contribution is 7.94. The van der Waals surface area contributed by atoms with Crippen LogP contribution in [0.4, 0.5) is 18.9 Å². The van der Waals surface area contributed by atoms with Crippen LogP contribution in [0.2, 0.25) is 0 Å². The van der Waals surface area contributed by atoms with Crippen molar-refractivity contribution in [2.75, 3.05) is 4.72 Å². The van der Waals surface area contributed by atoms with Crippen LogP contribution in [0.5, 0.6) is 0 Å². The van der Waals surface area contributed by atoms with Crippen LogP contribution in [0, 0.1) is 0 Å². The molecule has 2 heterocycles. The van der Waals surface area contributed by atoms with Gasteiger partial charge in [-0.3, -0.25) is 4.72 Å². The van der Waals surface area contributed by atoms with E-state index in [9.17, 15) is 31.5 Å². The Morgan fingerprint density at radius 1 is 1.03 bits per heavy atom. The zero-order valence-corrected chi connectivity index (χ0v) is 17.6. The number of fused-ring (bicyclic) bond motifs is 1. The maximum Gasteiger partial charge on any atom is 0.416 e. The third-order valence-electron chi connectivity index (χ3n) is 4.59. The number of carboxylic acids is 1. The molecule has 4 aromatic rings. The molecule has 0 amide bonds. The van der Waals surface area contributed by atoms with Gasteiger partial charge in [-0.15, -0.1) is 11.3 Å². The van der Waals surface area contributed by atoms with Gasteiger partial charge in [0.25, 0.3) is 10.0 Å². The molecular formula is C21H13F3N2O4S2. The summed E-state index contributed by atoms with van der Waals surface area (Å²) in [6, 6.07) is 13.0. The van der Waals surface area contributed by atoms with Gasteiger partial charge in [0.15, 0.2) is 0 Å². The van der Waals surface area contributed by atoms with Crippen LogP contribution in [0.3, 0.4) is 0 Å². The lowest BCUT2D eigenvalue weighted by Gasteiger charge is -2.14. The van der Waals surface area contributed by atoms with E-state index in [4.69, 9.17) is 0 Å². The first-order valence-electron chi connectivity index (χ1n) is 8.97. The van der Waals surface area contributed by atoms with Crippen molar-refractivity contribution < 1.29 is 31.5 Å². The minimum Gasteiger partial charge on any atom is -0.477 e. The summed E-state index contributed by atoms with van der Waals surface area (Å²) < 4.78 is 66.6. The van der Waals surface area contributed by atoms with Crippen LogP contribution >= 0.6 is 11.3 Å². The number of aromatic nitrogens is 1. The normalized spacial score (nSPS) is 12.1. The first-order chi connectivity index (χ1) is 15.1. The summed E-state index contributed by atoms with van der Waals surface area (Å²) in [5.74, 6) is -1.36. The van der Waals surface area contributed by atoms with E-state index in [-0.39, 0.29) is 21.1 Å². The van der Waals surface area contributed by atoms with Gasteiger partial charge in [0, 0.05) is 5.39 Å². The number of benzene rings is 2. The predicted molar refractivity (Wildman–Crippen MR) is 114 cm³/mol. The molecule has 0 unspecified atom stereocenters. The van der Waals surface area contributed by atoms with Gasteiger partial charge in [0.2, 0.25) is 0 Å². The lowest BCUT2D eigenvalue weighted by molar-refractivity contribution is -0.137. The molecule has 2 N–H and O–H groups in total. The molecule has 0 saturated carbocycles. The zero-order valence-electron chi connectivity index (χ0n) is 15.9. The van der Waals surface area contributed by atoms with Crippen molar-refractivity contribution in [1.82, 2.24) is 4.98 Å². The molecule has 0 atom stereocenters. The van der Waals surface area contributed by atoms with E-state index in [0.29, 0.717) is 16.5 Å². The Balaban J connectivity index is 1.89. The minimum absolute atomic E-state index is 0.0483. The van der Waals surface area contributed by atoms with Crippen LogP contribution in [0.25, 0.3) is 22.0 Å². The summed E-state index contributed by atoms with van der Waals surface area (Å²) >= 11 is 1.01. The summed E-state index contributed by atoms with van der Waals surface area (Å²) in [5, 5.41) is 11.5. The van der Waals surface area contributed by atoms with E-state index in [1.165, 1.54) is 30.3 Å². The Kier molecular flexibility index (Phi) is 5.39. The lowest BCUT2D eigenvalue weighted by Crippen LogP contribution is -2.12. The Hall–Kier alpha value is -3.44. The summed E-state index contributed by atoms with van der Waals surface area (Å²) in [4.78, 5) is 15.7. The third kappa shape index (κ3) is 4.16.